The summed E-state index contributed by atoms with van der Waals surface area (Å²) in [5.41, 5.74) is -0.795. The Labute approximate surface area is 115 Å². The number of alkyl halides is 3. The molecule has 1 aromatic rings. The second-order valence-electron chi connectivity index (χ2n) is 4.95. The molecule has 1 unspecified atom stereocenters. The highest BCUT2D eigenvalue weighted by atomic mass is 19.4. The van der Waals surface area contributed by atoms with Crippen molar-refractivity contribution < 1.29 is 22.3 Å². The van der Waals surface area contributed by atoms with Crippen LogP contribution in [0.5, 0.6) is 0 Å². The highest BCUT2D eigenvalue weighted by Crippen LogP contribution is 2.39. The molecule has 0 saturated carbocycles. The van der Waals surface area contributed by atoms with E-state index in [1.807, 2.05) is 0 Å². The largest absolute Gasteiger partial charge is 0.416 e. The van der Waals surface area contributed by atoms with E-state index in [1.54, 1.807) is 7.05 Å². The van der Waals surface area contributed by atoms with E-state index in [0.717, 1.165) is 18.2 Å². The van der Waals surface area contributed by atoms with Gasteiger partial charge in [0.15, 0.2) is 0 Å². The average molecular weight is 291 g/mol. The Kier molecular flexibility index (Phi) is 4.65. The summed E-state index contributed by atoms with van der Waals surface area (Å²) < 4.78 is 57.8. The topological polar surface area (TPSA) is 21.3 Å². The molecule has 6 heteroatoms. The molecule has 1 fully saturated rings. The van der Waals surface area contributed by atoms with Crippen LogP contribution in [0.15, 0.2) is 18.2 Å². The summed E-state index contributed by atoms with van der Waals surface area (Å²) in [4.78, 5) is 0. The summed E-state index contributed by atoms with van der Waals surface area (Å²) >= 11 is 0. The van der Waals surface area contributed by atoms with Crippen molar-refractivity contribution in [1.29, 1.82) is 0 Å². The molecule has 1 heterocycles. The van der Waals surface area contributed by atoms with E-state index in [2.05, 4.69) is 5.32 Å². The van der Waals surface area contributed by atoms with Crippen LogP contribution in [0.25, 0.3) is 0 Å². The number of halogens is 4. The van der Waals surface area contributed by atoms with Crippen molar-refractivity contribution in [2.24, 2.45) is 5.92 Å². The minimum Gasteiger partial charge on any atom is -0.381 e. The van der Waals surface area contributed by atoms with Gasteiger partial charge in [0, 0.05) is 19.3 Å². The van der Waals surface area contributed by atoms with Crippen LogP contribution >= 0.6 is 0 Å². The van der Waals surface area contributed by atoms with Crippen molar-refractivity contribution in [3.63, 3.8) is 0 Å². The minimum absolute atomic E-state index is 0.0108. The predicted octanol–water partition coefficient (Wildman–Crippen LogP) is 3.53. The van der Waals surface area contributed by atoms with Crippen molar-refractivity contribution in [3.05, 3.63) is 35.1 Å². The quantitative estimate of drug-likeness (QED) is 0.860. The molecule has 0 amide bonds. The maximum atomic E-state index is 13.4. The second kappa shape index (κ2) is 6.10. The van der Waals surface area contributed by atoms with Gasteiger partial charge in [-0.2, -0.15) is 13.2 Å². The van der Waals surface area contributed by atoms with Crippen molar-refractivity contribution in [2.75, 3.05) is 20.3 Å². The van der Waals surface area contributed by atoms with Crippen LogP contribution in [0.4, 0.5) is 17.6 Å². The molecule has 0 spiro atoms. The third-order valence-corrected chi connectivity index (χ3v) is 3.70. The fourth-order valence-electron chi connectivity index (χ4n) is 2.74. The maximum absolute atomic E-state index is 13.4. The van der Waals surface area contributed by atoms with Gasteiger partial charge in [-0.3, -0.25) is 0 Å². The fourth-order valence-corrected chi connectivity index (χ4v) is 2.74. The third kappa shape index (κ3) is 3.30. The minimum atomic E-state index is -4.48. The first-order valence-electron chi connectivity index (χ1n) is 6.55. The van der Waals surface area contributed by atoms with E-state index in [4.69, 9.17) is 4.74 Å². The Bertz CT molecular complexity index is 455. The van der Waals surface area contributed by atoms with Gasteiger partial charge in [0.2, 0.25) is 0 Å². The average Bonchev–Trinajstić information content (AvgIpc) is 2.39. The smallest absolute Gasteiger partial charge is 0.381 e. The van der Waals surface area contributed by atoms with Gasteiger partial charge in [0.05, 0.1) is 5.56 Å². The molecular weight excluding hydrogens is 274 g/mol. The SMILES string of the molecule is CNC(c1cc(F)ccc1C(F)(F)F)C1CCOCC1. The first kappa shape index (κ1) is 15.3. The molecule has 1 aliphatic rings. The van der Waals surface area contributed by atoms with E-state index in [-0.39, 0.29) is 11.5 Å². The Morgan fingerprint density at radius 1 is 1.25 bits per heavy atom. The van der Waals surface area contributed by atoms with Gasteiger partial charge < -0.3 is 10.1 Å². The lowest BCUT2D eigenvalue weighted by Gasteiger charge is -2.32. The first-order chi connectivity index (χ1) is 9.43. The lowest BCUT2D eigenvalue weighted by atomic mass is 9.85. The molecular formula is C14H17F4NO. The maximum Gasteiger partial charge on any atom is 0.416 e. The van der Waals surface area contributed by atoms with Gasteiger partial charge in [-0.05, 0) is 49.6 Å². The number of hydrogen-bond donors (Lipinski definition) is 1. The molecule has 2 rings (SSSR count). The highest BCUT2D eigenvalue weighted by Gasteiger charge is 2.37. The molecule has 1 atom stereocenters. The van der Waals surface area contributed by atoms with E-state index >= 15 is 0 Å². The fraction of sp³-hybridized carbons (Fsp3) is 0.571. The first-order valence-corrected chi connectivity index (χ1v) is 6.55. The number of rotatable bonds is 3. The summed E-state index contributed by atoms with van der Waals surface area (Å²) in [6.07, 6.45) is -3.15. The van der Waals surface area contributed by atoms with Gasteiger partial charge in [-0.1, -0.05) is 0 Å². The standard InChI is InChI=1S/C14H17F4NO/c1-19-13(9-4-6-20-7-5-9)11-8-10(15)2-3-12(11)14(16,17)18/h2-3,8-9,13,19H,4-7H2,1H3. The number of hydrogen-bond acceptors (Lipinski definition) is 2. The highest BCUT2D eigenvalue weighted by molar-refractivity contribution is 5.33. The van der Waals surface area contributed by atoms with Crippen LogP contribution in [0.1, 0.15) is 30.0 Å². The Morgan fingerprint density at radius 3 is 2.45 bits per heavy atom. The van der Waals surface area contributed by atoms with Crippen LogP contribution in [0.2, 0.25) is 0 Å². The van der Waals surface area contributed by atoms with Crippen LogP contribution in [0.3, 0.4) is 0 Å². The zero-order chi connectivity index (χ0) is 14.8. The molecule has 0 bridgehead atoms. The lowest BCUT2D eigenvalue weighted by Crippen LogP contribution is -2.31. The molecule has 1 aliphatic heterocycles. The van der Waals surface area contributed by atoms with Crippen molar-refractivity contribution in [3.8, 4) is 0 Å². The van der Waals surface area contributed by atoms with Crippen LogP contribution in [-0.4, -0.2) is 20.3 Å². The molecule has 1 N–H and O–H groups in total. The summed E-state index contributed by atoms with van der Waals surface area (Å²) in [5, 5.41) is 2.91. The zero-order valence-electron chi connectivity index (χ0n) is 11.1. The van der Waals surface area contributed by atoms with Crippen molar-refractivity contribution in [2.45, 2.75) is 25.1 Å². The van der Waals surface area contributed by atoms with E-state index in [0.29, 0.717) is 26.1 Å². The summed E-state index contributed by atoms with van der Waals surface area (Å²) in [5.74, 6) is -0.642. The van der Waals surface area contributed by atoms with E-state index in [1.165, 1.54) is 0 Å². The van der Waals surface area contributed by atoms with Crippen molar-refractivity contribution in [1.82, 2.24) is 5.32 Å². The summed E-state index contributed by atoms with van der Waals surface area (Å²) in [6.45, 7) is 1.05. The zero-order valence-corrected chi connectivity index (χ0v) is 11.1. The van der Waals surface area contributed by atoms with E-state index in [9.17, 15) is 17.6 Å². The van der Waals surface area contributed by atoms with Gasteiger partial charge in [0.1, 0.15) is 5.82 Å². The molecule has 1 aromatic carbocycles. The normalized spacial score (nSPS) is 19.1. The monoisotopic (exact) mass is 291 g/mol. The molecule has 0 aromatic heterocycles. The predicted molar refractivity (Wildman–Crippen MR) is 66.7 cm³/mol. The van der Waals surface area contributed by atoms with Gasteiger partial charge in [0.25, 0.3) is 0 Å². The van der Waals surface area contributed by atoms with Crippen molar-refractivity contribution >= 4 is 0 Å². The summed E-state index contributed by atoms with van der Waals surface area (Å²) in [6, 6.07) is 2.13. The third-order valence-electron chi connectivity index (χ3n) is 3.70. The molecule has 2 nitrogen and oxygen atoms in total. The number of benzene rings is 1. The van der Waals surface area contributed by atoms with Crippen LogP contribution in [0, 0.1) is 11.7 Å². The lowest BCUT2D eigenvalue weighted by molar-refractivity contribution is -0.138. The molecule has 112 valence electrons. The van der Waals surface area contributed by atoms with E-state index < -0.39 is 23.6 Å². The molecule has 1 saturated heterocycles. The van der Waals surface area contributed by atoms with Gasteiger partial charge in [-0.15, -0.1) is 0 Å². The Morgan fingerprint density at radius 2 is 1.90 bits per heavy atom. The van der Waals surface area contributed by atoms with Crippen LogP contribution < -0.4 is 5.32 Å². The second-order valence-corrected chi connectivity index (χ2v) is 4.95. The number of nitrogens with one attached hydrogen (secondary N) is 1. The molecule has 0 radical (unpaired) electrons. The molecule has 20 heavy (non-hydrogen) atoms. The van der Waals surface area contributed by atoms with Gasteiger partial charge in [-0.25, -0.2) is 4.39 Å². The summed E-state index contributed by atoms with van der Waals surface area (Å²) in [7, 11) is 1.60. The Balaban J connectivity index is 2.39. The van der Waals surface area contributed by atoms with Crippen LogP contribution in [-0.2, 0) is 10.9 Å². The Hall–Kier alpha value is -1.14. The van der Waals surface area contributed by atoms with Gasteiger partial charge >= 0.3 is 6.18 Å². The molecule has 0 aliphatic carbocycles. The number of ether oxygens (including phenoxy) is 1.